The Morgan fingerprint density at radius 3 is 2.70 bits per heavy atom. The average Bonchev–Trinajstić information content (AvgIpc) is 2.42. The molecule has 1 aliphatic rings. The van der Waals surface area contributed by atoms with Crippen molar-refractivity contribution < 1.29 is 14.7 Å². The molecule has 0 aliphatic carbocycles. The Balaban J connectivity index is 2.00. The van der Waals surface area contributed by atoms with Crippen LogP contribution in [0.15, 0.2) is 0 Å². The van der Waals surface area contributed by atoms with E-state index in [0.29, 0.717) is 13.0 Å². The topological polar surface area (TPSA) is 93.7 Å². The quantitative estimate of drug-likeness (QED) is 0.465. The molecule has 116 valence electrons. The lowest BCUT2D eigenvalue weighted by molar-refractivity contribution is -0.137. The lowest BCUT2D eigenvalue weighted by atomic mass is 10.2. The Labute approximate surface area is 120 Å². The molecule has 7 nitrogen and oxygen atoms in total. The van der Waals surface area contributed by atoms with Gasteiger partial charge >= 0.3 is 12.0 Å². The molecule has 1 atom stereocenters. The summed E-state index contributed by atoms with van der Waals surface area (Å²) >= 11 is 0. The van der Waals surface area contributed by atoms with Gasteiger partial charge in [0.25, 0.3) is 0 Å². The standard InChI is InChI=1S/C13H26N4O3/c1-11(3-4-12(18)19)16-13(20)15-5-2-8-17-9-6-14-7-10-17/h11,14H,2-10H2,1H3,(H,18,19)(H2,15,16,20). The highest BCUT2D eigenvalue weighted by Gasteiger charge is 2.10. The molecule has 0 aromatic carbocycles. The van der Waals surface area contributed by atoms with Crippen molar-refractivity contribution in [3.05, 3.63) is 0 Å². The molecule has 0 bridgehead atoms. The van der Waals surface area contributed by atoms with Crippen LogP contribution in [-0.4, -0.2) is 67.3 Å². The Morgan fingerprint density at radius 1 is 1.35 bits per heavy atom. The fourth-order valence-corrected chi connectivity index (χ4v) is 2.13. The van der Waals surface area contributed by atoms with E-state index in [1.54, 1.807) is 0 Å². The SMILES string of the molecule is CC(CCC(=O)O)NC(=O)NCCCN1CCNCC1. The Bertz CT molecular complexity index is 306. The van der Waals surface area contributed by atoms with Crippen LogP contribution in [0.3, 0.4) is 0 Å². The third kappa shape index (κ3) is 7.96. The molecule has 1 saturated heterocycles. The molecule has 0 spiro atoms. The number of carbonyl (C=O) groups excluding carboxylic acids is 1. The molecule has 1 aliphatic heterocycles. The highest BCUT2D eigenvalue weighted by atomic mass is 16.4. The van der Waals surface area contributed by atoms with E-state index in [1.165, 1.54) is 0 Å². The van der Waals surface area contributed by atoms with E-state index in [4.69, 9.17) is 5.11 Å². The molecule has 7 heteroatoms. The number of nitrogens with one attached hydrogen (secondary N) is 3. The monoisotopic (exact) mass is 286 g/mol. The van der Waals surface area contributed by atoms with E-state index in [0.717, 1.165) is 39.1 Å². The number of amides is 2. The third-order valence-electron chi connectivity index (χ3n) is 3.32. The summed E-state index contributed by atoms with van der Waals surface area (Å²) in [7, 11) is 0. The van der Waals surface area contributed by atoms with Crippen LogP contribution >= 0.6 is 0 Å². The van der Waals surface area contributed by atoms with E-state index in [1.807, 2.05) is 6.92 Å². The molecule has 0 radical (unpaired) electrons. The van der Waals surface area contributed by atoms with E-state index < -0.39 is 5.97 Å². The number of piperazine rings is 1. The first-order chi connectivity index (χ1) is 9.58. The zero-order valence-electron chi connectivity index (χ0n) is 12.2. The van der Waals surface area contributed by atoms with Crippen molar-refractivity contribution in [2.24, 2.45) is 0 Å². The van der Waals surface area contributed by atoms with Crippen molar-refractivity contribution in [1.82, 2.24) is 20.9 Å². The van der Waals surface area contributed by atoms with Crippen LogP contribution in [0, 0.1) is 0 Å². The molecule has 4 N–H and O–H groups in total. The first-order valence-corrected chi connectivity index (χ1v) is 7.27. The van der Waals surface area contributed by atoms with Crippen LogP contribution in [0.25, 0.3) is 0 Å². The molecule has 0 saturated carbocycles. The second kappa shape index (κ2) is 9.55. The summed E-state index contributed by atoms with van der Waals surface area (Å²) in [4.78, 5) is 24.3. The van der Waals surface area contributed by atoms with Crippen molar-refractivity contribution in [2.45, 2.75) is 32.2 Å². The van der Waals surface area contributed by atoms with E-state index >= 15 is 0 Å². The molecule has 1 unspecified atom stereocenters. The largest absolute Gasteiger partial charge is 0.481 e. The van der Waals surface area contributed by atoms with Crippen LogP contribution in [0.5, 0.6) is 0 Å². The van der Waals surface area contributed by atoms with Gasteiger partial charge in [-0.3, -0.25) is 4.79 Å². The third-order valence-corrected chi connectivity index (χ3v) is 3.32. The number of rotatable bonds is 8. The predicted octanol–water partition coefficient (Wildman–Crippen LogP) is -0.166. The van der Waals surface area contributed by atoms with Gasteiger partial charge in [0.1, 0.15) is 0 Å². The molecule has 20 heavy (non-hydrogen) atoms. The van der Waals surface area contributed by atoms with Gasteiger partial charge in [0.2, 0.25) is 0 Å². The highest BCUT2D eigenvalue weighted by molar-refractivity contribution is 5.74. The molecule has 0 aromatic rings. The van der Waals surface area contributed by atoms with Crippen molar-refractivity contribution in [1.29, 1.82) is 0 Å². The highest BCUT2D eigenvalue weighted by Crippen LogP contribution is 1.96. The summed E-state index contributed by atoms with van der Waals surface area (Å²) in [5.74, 6) is -0.838. The Morgan fingerprint density at radius 2 is 2.05 bits per heavy atom. The normalized spacial score (nSPS) is 17.4. The zero-order valence-corrected chi connectivity index (χ0v) is 12.2. The lowest BCUT2D eigenvalue weighted by Crippen LogP contribution is -2.45. The summed E-state index contributed by atoms with van der Waals surface area (Å²) < 4.78 is 0. The molecule has 1 heterocycles. The van der Waals surface area contributed by atoms with Crippen LogP contribution < -0.4 is 16.0 Å². The average molecular weight is 286 g/mol. The maximum atomic E-state index is 11.6. The molecule has 1 rings (SSSR count). The first kappa shape index (κ1) is 16.7. The van der Waals surface area contributed by atoms with Gasteiger partial charge in [-0.15, -0.1) is 0 Å². The van der Waals surface area contributed by atoms with Gasteiger partial charge in [-0.25, -0.2) is 4.79 Å². The van der Waals surface area contributed by atoms with Crippen molar-refractivity contribution in [3.8, 4) is 0 Å². The number of carboxylic acids is 1. The Kier molecular flexibility index (Phi) is 7.98. The van der Waals surface area contributed by atoms with Gasteiger partial charge in [-0.05, 0) is 26.3 Å². The second-order valence-electron chi connectivity index (χ2n) is 5.18. The number of hydrogen-bond donors (Lipinski definition) is 4. The van der Waals surface area contributed by atoms with Crippen LogP contribution in [0.2, 0.25) is 0 Å². The molecular formula is C13H26N4O3. The number of urea groups is 1. The smallest absolute Gasteiger partial charge is 0.314 e. The van der Waals surface area contributed by atoms with Crippen LogP contribution in [0.1, 0.15) is 26.2 Å². The van der Waals surface area contributed by atoms with Crippen LogP contribution in [0.4, 0.5) is 4.79 Å². The maximum Gasteiger partial charge on any atom is 0.314 e. The first-order valence-electron chi connectivity index (χ1n) is 7.27. The fraction of sp³-hybridized carbons (Fsp3) is 0.846. The zero-order chi connectivity index (χ0) is 14.8. The predicted molar refractivity (Wildman–Crippen MR) is 76.8 cm³/mol. The van der Waals surface area contributed by atoms with Crippen LogP contribution in [-0.2, 0) is 4.79 Å². The number of carboxylic acid groups (broad SMARTS) is 1. The summed E-state index contributed by atoms with van der Waals surface area (Å²) in [5.41, 5.74) is 0. The lowest BCUT2D eigenvalue weighted by Gasteiger charge is -2.27. The van der Waals surface area contributed by atoms with Gasteiger partial charge in [-0.1, -0.05) is 0 Å². The number of nitrogens with zero attached hydrogens (tertiary/aromatic N) is 1. The summed E-state index contributed by atoms with van der Waals surface area (Å²) in [6, 6.07) is -0.345. The summed E-state index contributed by atoms with van der Waals surface area (Å²) in [6.07, 6.45) is 1.45. The van der Waals surface area contributed by atoms with E-state index in [2.05, 4.69) is 20.9 Å². The molecule has 0 aromatic heterocycles. The van der Waals surface area contributed by atoms with Crippen molar-refractivity contribution in [3.63, 3.8) is 0 Å². The maximum absolute atomic E-state index is 11.6. The van der Waals surface area contributed by atoms with Gasteiger partial charge in [-0.2, -0.15) is 0 Å². The number of aliphatic carboxylic acids is 1. The van der Waals surface area contributed by atoms with Gasteiger partial charge in [0, 0.05) is 45.2 Å². The van der Waals surface area contributed by atoms with E-state index in [9.17, 15) is 9.59 Å². The van der Waals surface area contributed by atoms with Gasteiger partial charge in [0.05, 0.1) is 0 Å². The van der Waals surface area contributed by atoms with Crippen molar-refractivity contribution in [2.75, 3.05) is 39.3 Å². The second-order valence-corrected chi connectivity index (χ2v) is 5.18. The molecule has 2 amide bonds. The van der Waals surface area contributed by atoms with Crippen molar-refractivity contribution >= 4 is 12.0 Å². The minimum absolute atomic E-state index is 0.0739. The molecular weight excluding hydrogens is 260 g/mol. The Hall–Kier alpha value is -1.34. The van der Waals surface area contributed by atoms with Gasteiger partial charge < -0.3 is 26.0 Å². The van der Waals surface area contributed by atoms with Gasteiger partial charge in [0.15, 0.2) is 0 Å². The van der Waals surface area contributed by atoms with E-state index in [-0.39, 0.29) is 18.5 Å². The minimum atomic E-state index is -0.838. The summed E-state index contributed by atoms with van der Waals surface area (Å²) in [5, 5.41) is 17.4. The molecule has 1 fully saturated rings. The summed E-state index contributed by atoms with van der Waals surface area (Å²) in [6.45, 7) is 7.65. The fourth-order valence-electron chi connectivity index (χ4n) is 2.13. The number of carbonyl (C=O) groups is 2. The minimum Gasteiger partial charge on any atom is -0.481 e. The number of hydrogen-bond acceptors (Lipinski definition) is 4.